The average Bonchev–Trinajstić information content (AvgIpc) is 2.85. The highest BCUT2D eigenvalue weighted by atomic mass is 79.9. The summed E-state index contributed by atoms with van der Waals surface area (Å²) in [5.74, 6) is -1.62. The molecule has 1 heterocycles. The molecule has 2 amide bonds. The molecule has 1 saturated heterocycles. The summed E-state index contributed by atoms with van der Waals surface area (Å²) in [6.45, 7) is 1.80. The van der Waals surface area contributed by atoms with Gasteiger partial charge in [0.1, 0.15) is 5.82 Å². The fourth-order valence-corrected chi connectivity index (χ4v) is 6.24. The van der Waals surface area contributed by atoms with Crippen LogP contribution in [0.5, 0.6) is 0 Å². The predicted molar refractivity (Wildman–Crippen MR) is 100 cm³/mol. The van der Waals surface area contributed by atoms with Crippen molar-refractivity contribution in [1.82, 2.24) is 5.32 Å². The van der Waals surface area contributed by atoms with Crippen LogP contribution in [0.1, 0.15) is 11.1 Å². The second-order valence-electron chi connectivity index (χ2n) is 5.83. The summed E-state index contributed by atoms with van der Waals surface area (Å²) < 4.78 is 39.1. The van der Waals surface area contributed by atoms with Gasteiger partial charge in [-0.2, -0.15) is 0 Å². The highest BCUT2D eigenvalue weighted by molar-refractivity contribution is 9.10. The fraction of sp³-hybridized carbons (Fsp3) is 0.176. The topological polar surface area (TPSA) is 80.3 Å². The van der Waals surface area contributed by atoms with Crippen LogP contribution in [0.2, 0.25) is 0 Å². The second-order valence-corrected chi connectivity index (χ2v) is 10.4. The van der Waals surface area contributed by atoms with Crippen molar-refractivity contribution >= 4 is 48.7 Å². The van der Waals surface area contributed by atoms with Gasteiger partial charge in [0, 0.05) is 10.9 Å². The van der Waals surface area contributed by atoms with Crippen LogP contribution >= 0.6 is 27.7 Å². The van der Waals surface area contributed by atoms with Crippen LogP contribution in [0, 0.1) is 12.7 Å². The molecule has 1 N–H and O–H groups in total. The Kier molecular flexibility index (Phi) is 4.98. The van der Waals surface area contributed by atoms with Gasteiger partial charge in [-0.1, -0.05) is 39.7 Å². The van der Waals surface area contributed by atoms with Crippen molar-refractivity contribution in [2.45, 2.75) is 22.3 Å². The number of rotatable bonds is 4. The van der Waals surface area contributed by atoms with Crippen molar-refractivity contribution in [2.75, 3.05) is 0 Å². The van der Waals surface area contributed by atoms with Crippen LogP contribution in [0.15, 0.2) is 51.8 Å². The Balaban J connectivity index is 2.15. The van der Waals surface area contributed by atoms with Gasteiger partial charge in [0.2, 0.25) is 13.9 Å². The number of sulfone groups is 1. The number of hydrogen-bond acceptors (Lipinski definition) is 5. The lowest BCUT2D eigenvalue weighted by molar-refractivity contribution is -0.119. The molecule has 3 rings (SSSR count). The molecule has 0 spiro atoms. The summed E-state index contributed by atoms with van der Waals surface area (Å²) in [5, 5.41) is 1.25. The van der Waals surface area contributed by atoms with Gasteiger partial charge in [-0.15, -0.1) is 0 Å². The third-order valence-electron chi connectivity index (χ3n) is 4.02. The van der Waals surface area contributed by atoms with Crippen molar-refractivity contribution in [2.24, 2.45) is 0 Å². The van der Waals surface area contributed by atoms with Gasteiger partial charge in [0.25, 0.3) is 11.1 Å². The molecule has 26 heavy (non-hydrogen) atoms. The molecule has 1 atom stereocenters. The first-order chi connectivity index (χ1) is 12.2. The molecule has 1 fully saturated rings. The van der Waals surface area contributed by atoms with Crippen molar-refractivity contribution in [3.63, 3.8) is 0 Å². The lowest BCUT2D eigenvalue weighted by Gasteiger charge is -2.24. The summed E-state index contributed by atoms with van der Waals surface area (Å²) in [7, 11) is -4.27. The number of carbonyl (C=O) groups is 2. The van der Waals surface area contributed by atoms with Crippen LogP contribution < -0.4 is 5.32 Å². The van der Waals surface area contributed by atoms with Crippen LogP contribution in [-0.2, 0) is 21.1 Å². The lowest BCUT2D eigenvalue weighted by atomic mass is 10.1. The summed E-state index contributed by atoms with van der Waals surface area (Å²) in [6, 6.07) is 10.1. The molecule has 0 saturated carbocycles. The summed E-state index contributed by atoms with van der Waals surface area (Å²) in [4.78, 5) is 24.2. The number of carbonyl (C=O) groups excluding carboxylic acids is 2. The first-order valence-corrected chi connectivity index (χ1v) is 10.5. The average molecular weight is 458 g/mol. The molecule has 136 valence electrons. The van der Waals surface area contributed by atoms with Gasteiger partial charge in [-0.25, -0.2) is 12.8 Å². The van der Waals surface area contributed by atoms with Crippen molar-refractivity contribution < 1.29 is 22.4 Å². The van der Waals surface area contributed by atoms with E-state index in [2.05, 4.69) is 15.9 Å². The zero-order valence-corrected chi connectivity index (χ0v) is 16.7. The zero-order chi connectivity index (χ0) is 19.1. The Hall–Kier alpha value is -1.71. The number of thioether (sulfide) groups is 1. The van der Waals surface area contributed by atoms with Gasteiger partial charge in [-0.3, -0.25) is 14.9 Å². The summed E-state index contributed by atoms with van der Waals surface area (Å²) in [5.41, 5.74) is 0.873. The Morgan fingerprint density at radius 3 is 2.35 bits per heavy atom. The molecule has 2 aromatic carbocycles. The quantitative estimate of drug-likeness (QED) is 0.758. The molecule has 9 heteroatoms. The summed E-state index contributed by atoms with van der Waals surface area (Å²) in [6.07, 6.45) is -0.468. The van der Waals surface area contributed by atoms with E-state index >= 15 is 0 Å². The molecule has 0 aliphatic carbocycles. The van der Waals surface area contributed by atoms with Crippen molar-refractivity contribution in [3.8, 4) is 0 Å². The molecular weight excluding hydrogens is 445 g/mol. The number of imide groups is 1. The molecule has 5 nitrogen and oxygen atoms in total. The van der Waals surface area contributed by atoms with Gasteiger partial charge < -0.3 is 0 Å². The van der Waals surface area contributed by atoms with Crippen LogP contribution in [0.25, 0.3) is 0 Å². The van der Waals surface area contributed by atoms with E-state index in [0.29, 0.717) is 16.2 Å². The largest absolute Gasteiger partial charge is 0.287 e. The van der Waals surface area contributed by atoms with E-state index < -0.39 is 37.3 Å². The smallest absolute Gasteiger partial charge is 0.285 e. The fourth-order valence-electron chi connectivity index (χ4n) is 2.62. The Bertz CT molecular complexity index is 1010. The van der Waals surface area contributed by atoms with E-state index in [1.165, 1.54) is 24.3 Å². The van der Waals surface area contributed by atoms with Gasteiger partial charge in [0.15, 0.2) is 0 Å². The second kappa shape index (κ2) is 6.79. The van der Waals surface area contributed by atoms with Gasteiger partial charge >= 0.3 is 0 Å². The highest BCUT2D eigenvalue weighted by Gasteiger charge is 2.58. The van der Waals surface area contributed by atoms with Crippen LogP contribution in [0.3, 0.4) is 0 Å². The van der Waals surface area contributed by atoms with Gasteiger partial charge in [-0.05, 0) is 48.5 Å². The first kappa shape index (κ1) is 19.1. The summed E-state index contributed by atoms with van der Waals surface area (Å²) >= 11 is 3.50. The van der Waals surface area contributed by atoms with Crippen molar-refractivity contribution in [3.05, 3.63) is 63.9 Å². The number of benzene rings is 2. The number of halogens is 2. The highest BCUT2D eigenvalue weighted by Crippen LogP contribution is 2.43. The SMILES string of the molecule is Cc1ccc(S(=O)(=O)C2(Cc3ccc(Br)cc3F)SC(=O)NC2=O)cc1. The zero-order valence-electron chi connectivity index (χ0n) is 13.5. The Morgan fingerprint density at radius 2 is 1.81 bits per heavy atom. The van der Waals surface area contributed by atoms with E-state index in [-0.39, 0.29) is 10.5 Å². The molecule has 1 unspecified atom stereocenters. The molecular formula is C17H13BrFNO4S2. The predicted octanol–water partition coefficient (Wildman–Crippen LogP) is 3.59. The molecule has 0 aromatic heterocycles. The third-order valence-corrected chi connectivity index (χ3v) is 8.46. The van der Waals surface area contributed by atoms with Crippen molar-refractivity contribution in [1.29, 1.82) is 0 Å². The molecule has 0 radical (unpaired) electrons. The maximum atomic E-state index is 14.3. The van der Waals surface area contributed by atoms with E-state index in [1.54, 1.807) is 25.1 Å². The minimum absolute atomic E-state index is 0.0289. The molecule has 1 aliphatic rings. The Morgan fingerprint density at radius 1 is 1.15 bits per heavy atom. The minimum Gasteiger partial charge on any atom is -0.285 e. The number of aryl methyl sites for hydroxylation is 1. The van der Waals surface area contributed by atoms with Crippen LogP contribution in [-0.4, -0.2) is 23.6 Å². The van der Waals surface area contributed by atoms with E-state index in [4.69, 9.17) is 0 Å². The Labute approximate surface area is 162 Å². The van der Waals surface area contributed by atoms with Crippen LogP contribution in [0.4, 0.5) is 9.18 Å². The minimum atomic E-state index is -4.27. The molecule has 2 aromatic rings. The maximum Gasteiger partial charge on any atom is 0.287 e. The van der Waals surface area contributed by atoms with E-state index in [1.807, 2.05) is 5.32 Å². The molecule has 1 aliphatic heterocycles. The standard InChI is InChI=1S/C17H13BrFNO4S2/c1-10-2-6-13(7-3-10)26(23,24)17(15(21)20-16(22)25-17)9-11-4-5-12(18)8-14(11)19/h2-8H,9H2,1H3,(H,20,21,22). The number of amides is 2. The number of nitrogens with one attached hydrogen (secondary N) is 1. The van der Waals surface area contributed by atoms with Gasteiger partial charge in [0.05, 0.1) is 4.90 Å². The normalized spacial score (nSPS) is 20.3. The monoisotopic (exact) mass is 457 g/mol. The van der Waals surface area contributed by atoms with E-state index in [9.17, 15) is 22.4 Å². The lowest BCUT2D eigenvalue weighted by Crippen LogP contribution is -2.45. The molecule has 0 bridgehead atoms. The van der Waals surface area contributed by atoms with E-state index in [0.717, 1.165) is 5.56 Å². The number of hydrogen-bond donors (Lipinski definition) is 1. The maximum absolute atomic E-state index is 14.3. The first-order valence-electron chi connectivity index (χ1n) is 7.45. The third kappa shape index (κ3) is 3.19.